The van der Waals surface area contributed by atoms with Crippen LogP contribution in [0.4, 0.5) is 5.88 Å². The number of amides is 2. The second kappa shape index (κ2) is 6.26. The maximum Gasteiger partial charge on any atom is 0.256 e. The van der Waals surface area contributed by atoms with Crippen LogP contribution in [0.1, 0.15) is 34.5 Å². The number of carbonyl (C=O) groups excluding carboxylic acids is 2. The number of hydrogen-bond donors (Lipinski definition) is 2. The molecule has 5 rings (SSSR count). The summed E-state index contributed by atoms with van der Waals surface area (Å²) in [6.07, 6.45) is 5.74. The summed E-state index contributed by atoms with van der Waals surface area (Å²) < 4.78 is 5.32. The topological polar surface area (TPSA) is 91.2 Å². The molecule has 0 atom stereocenters. The molecule has 0 bridgehead atoms. The zero-order chi connectivity index (χ0) is 18.4. The normalized spacial score (nSPS) is 16.8. The number of rotatable bonds is 3. The molecule has 1 fully saturated rings. The van der Waals surface area contributed by atoms with Gasteiger partial charge >= 0.3 is 0 Å². The molecule has 1 saturated heterocycles. The van der Waals surface area contributed by atoms with Crippen molar-refractivity contribution in [3.05, 3.63) is 47.3 Å². The second-order valence-corrected chi connectivity index (χ2v) is 7.29. The first-order valence-corrected chi connectivity index (χ1v) is 9.34. The van der Waals surface area contributed by atoms with Gasteiger partial charge in [0.2, 0.25) is 11.8 Å². The van der Waals surface area contributed by atoms with E-state index in [1.165, 1.54) is 0 Å². The van der Waals surface area contributed by atoms with E-state index in [9.17, 15) is 9.59 Å². The molecule has 27 heavy (non-hydrogen) atoms. The lowest BCUT2D eigenvalue weighted by Crippen LogP contribution is -2.54. The highest BCUT2D eigenvalue weighted by Crippen LogP contribution is 2.29. The summed E-state index contributed by atoms with van der Waals surface area (Å²) in [5.74, 6) is 0.107. The molecule has 0 spiro atoms. The number of fused-ring (bicyclic) bond motifs is 2. The van der Waals surface area contributed by atoms with E-state index in [-0.39, 0.29) is 17.7 Å². The van der Waals surface area contributed by atoms with Gasteiger partial charge in [-0.05, 0) is 31.7 Å². The van der Waals surface area contributed by atoms with Gasteiger partial charge in [0.05, 0.1) is 17.2 Å². The van der Waals surface area contributed by atoms with Crippen LogP contribution in [0, 0.1) is 5.92 Å². The number of carbonyl (C=O) groups is 2. The van der Waals surface area contributed by atoms with Crippen molar-refractivity contribution in [2.75, 3.05) is 18.4 Å². The van der Waals surface area contributed by atoms with Crippen LogP contribution in [0.2, 0.25) is 0 Å². The molecule has 2 amide bonds. The average molecular weight is 364 g/mol. The number of anilines is 1. The van der Waals surface area contributed by atoms with E-state index < -0.39 is 0 Å². The van der Waals surface area contributed by atoms with Gasteiger partial charge in [0.1, 0.15) is 0 Å². The Morgan fingerprint density at radius 3 is 2.89 bits per heavy atom. The smallest absolute Gasteiger partial charge is 0.256 e. The van der Waals surface area contributed by atoms with Crippen molar-refractivity contribution >= 4 is 28.6 Å². The van der Waals surface area contributed by atoms with E-state index >= 15 is 0 Å². The summed E-state index contributed by atoms with van der Waals surface area (Å²) in [5.41, 5.74) is 3.57. The van der Waals surface area contributed by atoms with Crippen molar-refractivity contribution in [2.45, 2.75) is 25.7 Å². The lowest BCUT2D eigenvalue weighted by Gasteiger charge is -2.38. The molecule has 0 saturated carbocycles. The van der Waals surface area contributed by atoms with E-state index in [0.717, 1.165) is 47.8 Å². The summed E-state index contributed by atoms with van der Waals surface area (Å²) in [7, 11) is 0. The molecule has 138 valence electrons. The lowest BCUT2D eigenvalue weighted by atomic mass is 9.96. The largest absolute Gasteiger partial charge is 0.360 e. The highest BCUT2D eigenvalue weighted by Gasteiger charge is 2.37. The SMILES string of the molecule is O=C(Nc1onc2c1CCCC2)C1CN(C(=O)c2c[nH]c3ccccc23)C1. The third kappa shape index (κ3) is 2.70. The minimum atomic E-state index is -0.219. The first kappa shape index (κ1) is 16.1. The molecule has 7 heteroatoms. The summed E-state index contributed by atoms with van der Waals surface area (Å²) in [6, 6.07) is 7.71. The molecule has 2 aliphatic rings. The van der Waals surface area contributed by atoms with Crippen LogP contribution in [-0.2, 0) is 17.6 Å². The van der Waals surface area contributed by atoms with Crippen molar-refractivity contribution in [3.63, 3.8) is 0 Å². The Morgan fingerprint density at radius 1 is 1.19 bits per heavy atom. The molecule has 2 aromatic heterocycles. The van der Waals surface area contributed by atoms with E-state index in [1.54, 1.807) is 11.1 Å². The first-order valence-electron chi connectivity index (χ1n) is 9.34. The average Bonchev–Trinajstić information content (AvgIpc) is 3.25. The minimum Gasteiger partial charge on any atom is -0.360 e. The molecule has 7 nitrogen and oxygen atoms in total. The highest BCUT2D eigenvalue weighted by molar-refractivity contribution is 6.07. The van der Waals surface area contributed by atoms with Crippen molar-refractivity contribution in [1.82, 2.24) is 15.0 Å². The van der Waals surface area contributed by atoms with Crippen LogP contribution < -0.4 is 5.32 Å². The number of hydrogen-bond acceptors (Lipinski definition) is 4. The Bertz CT molecular complexity index is 1030. The molecule has 3 aromatic rings. The number of aryl methyl sites for hydroxylation is 1. The van der Waals surface area contributed by atoms with Crippen molar-refractivity contribution in [2.24, 2.45) is 5.92 Å². The third-order valence-electron chi connectivity index (χ3n) is 5.56. The van der Waals surface area contributed by atoms with Gasteiger partial charge < -0.3 is 14.4 Å². The number of aromatic nitrogens is 2. The summed E-state index contributed by atoms with van der Waals surface area (Å²) in [5, 5.41) is 7.83. The van der Waals surface area contributed by atoms with Gasteiger partial charge in [0, 0.05) is 35.8 Å². The van der Waals surface area contributed by atoms with Gasteiger partial charge in [-0.3, -0.25) is 14.9 Å². The zero-order valence-corrected chi connectivity index (χ0v) is 14.8. The van der Waals surface area contributed by atoms with Crippen LogP contribution in [0.25, 0.3) is 10.9 Å². The number of para-hydroxylation sites is 1. The Kier molecular flexibility index (Phi) is 3.74. The standard InChI is InChI=1S/C20H20N4O3/c25-18(22-19-14-6-2-4-8-17(14)23-27-19)12-10-24(11-12)20(26)15-9-21-16-7-3-1-5-13(15)16/h1,3,5,7,9,12,21H,2,4,6,8,10-11H2,(H,22,25). The van der Waals surface area contributed by atoms with Crippen molar-refractivity contribution < 1.29 is 14.1 Å². The summed E-state index contributed by atoms with van der Waals surface area (Å²) >= 11 is 0. The minimum absolute atomic E-state index is 0.0476. The number of benzene rings is 1. The molecule has 1 aromatic carbocycles. The van der Waals surface area contributed by atoms with Gasteiger partial charge in [-0.25, -0.2) is 0 Å². The van der Waals surface area contributed by atoms with Gasteiger partial charge in [0.25, 0.3) is 5.91 Å². The Morgan fingerprint density at radius 2 is 2.00 bits per heavy atom. The predicted octanol–water partition coefficient (Wildman–Crippen LogP) is 2.75. The molecule has 1 aliphatic heterocycles. The second-order valence-electron chi connectivity index (χ2n) is 7.29. The summed E-state index contributed by atoms with van der Waals surface area (Å²) in [4.78, 5) is 30.0. The van der Waals surface area contributed by atoms with Crippen LogP contribution in [0.5, 0.6) is 0 Å². The maximum absolute atomic E-state index is 12.7. The van der Waals surface area contributed by atoms with E-state index in [2.05, 4.69) is 15.5 Å². The fraction of sp³-hybridized carbons (Fsp3) is 0.350. The summed E-state index contributed by atoms with van der Waals surface area (Å²) in [6.45, 7) is 0.834. The molecular weight excluding hydrogens is 344 g/mol. The number of nitrogens with zero attached hydrogens (tertiary/aromatic N) is 2. The zero-order valence-electron chi connectivity index (χ0n) is 14.8. The Labute approximate surface area is 155 Å². The predicted molar refractivity (Wildman–Crippen MR) is 99.5 cm³/mol. The van der Waals surface area contributed by atoms with Crippen LogP contribution in [0.15, 0.2) is 35.0 Å². The van der Waals surface area contributed by atoms with Gasteiger partial charge in [-0.1, -0.05) is 23.4 Å². The van der Waals surface area contributed by atoms with Crippen LogP contribution in [-0.4, -0.2) is 39.9 Å². The van der Waals surface area contributed by atoms with E-state index in [4.69, 9.17) is 4.52 Å². The van der Waals surface area contributed by atoms with Crippen LogP contribution in [0.3, 0.4) is 0 Å². The molecule has 2 N–H and O–H groups in total. The Balaban J connectivity index is 1.23. The highest BCUT2D eigenvalue weighted by atomic mass is 16.5. The Hall–Kier alpha value is -3.09. The number of likely N-dealkylation sites (tertiary alicyclic amines) is 1. The lowest BCUT2D eigenvalue weighted by molar-refractivity contribution is -0.123. The van der Waals surface area contributed by atoms with Crippen molar-refractivity contribution in [1.29, 1.82) is 0 Å². The molecule has 3 heterocycles. The first-order chi connectivity index (χ1) is 13.2. The fourth-order valence-electron chi connectivity index (χ4n) is 3.93. The molecule has 1 aliphatic carbocycles. The number of nitrogens with one attached hydrogen (secondary N) is 2. The molecular formula is C20H20N4O3. The fourth-order valence-corrected chi connectivity index (χ4v) is 3.93. The monoisotopic (exact) mass is 364 g/mol. The van der Waals surface area contributed by atoms with Gasteiger partial charge in [-0.2, -0.15) is 0 Å². The van der Waals surface area contributed by atoms with Crippen LogP contribution >= 0.6 is 0 Å². The van der Waals surface area contributed by atoms with E-state index in [0.29, 0.717) is 24.5 Å². The molecule has 0 unspecified atom stereocenters. The van der Waals surface area contributed by atoms with E-state index in [1.807, 2.05) is 24.3 Å². The van der Waals surface area contributed by atoms with Crippen molar-refractivity contribution in [3.8, 4) is 0 Å². The van der Waals surface area contributed by atoms with Gasteiger partial charge in [-0.15, -0.1) is 0 Å². The van der Waals surface area contributed by atoms with Gasteiger partial charge in [0.15, 0.2) is 0 Å². The quantitative estimate of drug-likeness (QED) is 0.748. The third-order valence-corrected chi connectivity index (χ3v) is 5.56. The maximum atomic E-state index is 12.7. The number of aromatic amines is 1. The number of H-pyrrole nitrogens is 1. The molecule has 0 radical (unpaired) electrons.